The number of carboxylic acids is 1. The molecule has 4 heteroatoms. The van der Waals surface area contributed by atoms with E-state index in [4.69, 9.17) is 4.74 Å². The van der Waals surface area contributed by atoms with E-state index in [1.54, 1.807) is 0 Å². The Morgan fingerprint density at radius 3 is 2.14 bits per heavy atom. The van der Waals surface area contributed by atoms with Crippen LogP contribution < -0.4 is 0 Å². The summed E-state index contributed by atoms with van der Waals surface area (Å²) in [6.07, 6.45) is 3.97. The Hall–Kier alpha value is -3.14. The minimum absolute atomic E-state index is 0.281. The van der Waals surface area contributed by atoms with Crippen molar-refractivity contribution in [3.05, 3.63) is 72.3 Å². The minimum Gasteiger partial charge on any atom is -0.481 e. The number of rotatable bonds is 11. The highest BCUT2D eigenvalue weighted by Crippen LogP contribution is 2.28. The molecule has 35 heavy (non-hydrogen) atoms. The predicted octanol–water partition coefficient (Wildman–Crippen LogP) is 7.68. The molecular formula is C31H38O4. The Kier molecular flexibility index (Phi) is 9.08. The molecule has 0 saturated carbocycles. The summed E-state index contributed by atoms with van der Waals surface area (Å²) < 4.78 is 5.59. The summed E-state index contributed by atoms with van der Waals surface area (Å²) in [5.41, 5.74) is 2.82. The summed E-state index contributed by atoms with van der Waals surface area (Å²) in [5, 5.41) is 12.3. The number of aryl methyl sites for hydroxylation is 1. The lowest BCUT2D eigenvalue weighted by molar-refractivity contribution is -0.161. The van der Waals surface area contributed by atoms with Crippen molar-refractivity contribution in [1.82, 2.24) is 0 Å². The fourth-order valence-electron chi connectivity index (χ4n) is 4.43. The van der Waals surface area contributed by atoms with E-state index < -0.39 is 17.5 Å². The van der Waals surface area contributed by atoms with Crippen LogP contribution in [0.2, 0.25) is 0 Å². The molecule has 186 valence electrons. The maximum atomic E-state index is 12.7. The fraction of sp³-hybridized carbons (Fsp3) is 0.419. The van der Waals surface area contributed by atoms with E-state index in [9.17, 15) is 14.7 Å². The van der Waals surface area contributed by atoms with E-state index in [2.05, 4.69) is 61.5 Å². The molecule has 3 rings (SSSR count). The number of hydrogen-bond donors (Lipinski definition) is 1. The van der Waals surface area contributed by atoms with Crippen molar-refractivity contribution >= 4 is 22.7 Å². The van der Waals surface area contributed by atoms with E-state index in [-0.39, 0.29) is 11.9 Å². The van der Waals surface area contributed by atoms with Crippen LogP contribution in [0.1, 0.15) is 65.4 Å². The highest BCUT2D eigenvalue weighted by molar-refractivity contribution is 5.87. The summed E-state index contributed by atoms with van der Waals surface area (Å²) in [5.74, 6) is -2.09. The molecule has 1 N–H and O–H groups in total. The first-order valence-corrected chi connectivity index (χ1v) is 12.7. The van der Waals surface area contributed by atoms with Gasteiger partial charge in [-0.1, -0.05) is 80.4 Å². The Bertz CT molecular complexity index is 1120. The first-order chi connectivity index (χ1) is 16.7. The van der Waals surface area contributed by atoms with E-state index >= 15 is 0 Å². The van der Waals surface area contributed by atoms with Gasteiger partial charge in [0.1, 0.15) is 5.60 Å². The van der Waals surface area contributed by atoms with Crippen LogP contribution >= 0.6 is 0 Å². The van der Waals surface area contributed by atoms with Gasteiger partial charge in [-0.2, -0.15) is 0 Å². The number of fused-ring (bicyclic) bond motifs is 1. The van der Waals surface area contributed by atoms with Crippen LogP contribution in [-0.4, -0.2) is 22.6 Å². The summed E-state index contributed by atoms with van der Waals surface area (Å²) in [6, 6.07) is 23.1. The number of hydrogen-bond acceptors (Lipinski definition) is 3. The van der Waals surface area contributed by atoms with Crippen molar-refractivity contribution in [3.8, 4) is 11.1 Å². The number of unbranched alkanes of at least 4 members (excludes halogenated alkanes) is 1. The maximum absolute atomic E-state index is 12.7. The van der Waals surface area contributed by atoms with Crippen molar-refractivity contribution in [3.63, 3.8) is 0 Å². The van der Waals surface area contributed by atoms with Crippen LogP contribution in [0.5, 0.6) is 0 Å². The van der Waals surface area contributed by atoms with Crippen LogP contribution in [0, 0.1) is 11.8 Å². The molecule has 0 heterocycles. The normalized spacial score (nSPS) is 13.4. The second-order valence-electron chi connectivity index (χ2n) is 10.4. The zero-order valence-electron chi connectivity index (χ0n) is 21.4. The van der Waals surface area contributed by atoms with Crippen molar-refractivity contribution in [2.75, 3.05) is 0 Å². The van der Waals surface area contributed by atoms with Gasteiger partial charge in [-0.15, -0.1) is 0 Å². The van der Waals surface area contributed by atoms with Crippen LogP contribution in [0.4, 0.5) is 0 Å². The van der Waals surface area contributed by atoms with E-state index in [0.717, 1.165) is 29.5 Å². The molecule has 0 fully saturated rings. The third-order valence-corrected chi connectivity index (χ3v) is 6.38. The minimum atomic E-state index is -0.845. The van der Waals surface area contributed by atoms with E-state index in [1.807, 2.05) is 32.9 Å². The molecule has 0 aliphatic carbocycles. The average molecular weight is 475 g/mol. The molecule has 4 nitrogen and oxygen atoms in total. The van der Waals surface area contributed by atoms with Gasteiger partial charge in [0, 0.05) is 0 Å². The third kappa shape index (κ3) is 7.95. The molecule has 0 bridgehead atoms. The second-order valence-corrected chi connectivity index (χ2v) is 10.4. The lowest BCUT2D eigenvalue weighted by Gasteiger charge is -2.25. The Balaban J connectivity index is 1.65. The van der Waals surface area contributed by atoms with Crippen molar-refractivity contribution < 1.29 is 19.4 Å². The lowest BCUT2D eigenvalue weighted by Crippen LogP contribution is -2.31. The van der Waals surface area contributed by atoms with Crippen LogP contribution in [0.15, 0.2) is 66.7 Å². The molecule has 0 spiro atoms. The van der Waals surface area contributed by atoms with Gasteiger partial charge >= 0.3 is 11.9 Å². The molecule has 0 unspecified atom stereocenters. The maximum Gasteiger partial charge on any atom is 0.309 e. The summed E-state index contributed by atoms with van der Waals surface area (Å²) >= 11 is 0. The first kappa shape index (κ1) is 26.5. The van der Waals surface area contributed by atoms with Gasteiger partial charge in [-0.25, -0.2) is 0 Å². The SMILES string of the molecule is CCCC[C@@H](C[C@@H](CCc1ccc(-c2ccc3ccccc3c2)cc1)C(=O)O)C(=O)OC(C)(C)C. The van der Waals surface area contributed by atoms with Gasteiger partial charge in [0.05, 0.1) is 11.8 Å². The molecule has 3 aromatic rings. The first-order valence-electron chi connectivity index (χ1n) is 12.7. The van der Waals surface area contributed by atoms with Gasteiger partial charge < -0.3 is 9.84 Å². The number of carboxylic acid groups (broad SMARTS) is 1. The lowest BCUT2D eigenvalue weighted by atomic mass is 9.86. The summed E-state index contributed by atoms with van der Waals surface area (Å²) in [7, 11) is 0. The average Bonchev–Trinajstić information content (AvgIpc) is 2.82. The Morgan fingerprint density at radius 2 is 1.51 bits per heavy atom. The quantitative estimate of drug-likeness (QED) is 0.290. The number of ether oxygens (including phenoxy) is 1. The highest BCUT2D eigenvalue weighted by Gasteiger charge is 2.30. The predicted molar refractivity (Wildman–Crippen MR) is 142 cm³/mol. The second kappa shape index (κ2) is 12.0. The largest absolute Gasteiger partial charge is 0.481 e. The topological polar surface area (TPSA) is 63.6 Å². The van der Waals surface area contributed by atoms with Crippen LogP contribution in [0.25, 0.3) is 21.9 Å². The van der Waals surface area contributed by atoms with Gasteiger partial charge in [-0.3, -0.25) is 9.59 Å². The Labute approximate surface area is 209 Å². The molecule has 0 saturated heterocycles. The van der Waals surface area contributed by atoms with Crippen LogP contribution in [0.3, 0.4) is 0 Å². The number of esters is 1. The molecule has 2 atom stereocenters. The van der Waals surface area contributed by atoms with Crippen LogP contribution in [-0.2, 0) is 20.7 Å². The molecular weight excluding hydrogens is 436 g/mol. The number of aliphatic carboxylic acids is 1. The summed E-state index contributed by atoms with van der Waals surface area (Å²) in [6.45, 7) is 7.61. The van der Waals surface area contributed by atoms with Crippen molar-refractivity contribution in [1.29, 1.82) is 0 Å². The Morgan fingerprint density at radius 1 is 0.857 bits per heavy atom. The monoisotopic (exact) mass is 474 g/mol. The standard InChI is InChI=1S/C31H38O4/c1-5-6-9-28(30(34)35-31(2,3)4)21-27(29(32)33)17-14-22-12-15-24(16-13-22)26-19-18-23-10-7-8-11-25(23)20-26/h7-8,10-13,15-16,18-20,27-28H,5-6,9,14,17,21H2,1-4H3,(H,32,33)/t27-,28+/m1/s1. The van der Waals surface area contributed by atoms with Gasteiger partial charge in [0.15, 0.2) is 0 Å². The molecule has 0 aromatic heterocycles. The highest BCUT2D eigenvalue weighted by atomic mass is 16.6. The molecule has 0 aliphatic heterocycles. The van der Waals surface area contributed by atoms with Crippen molar-refractivity contribution in [2.45, 2.75) is 71.8 Å². The van der Waals surface area contributed by atoms with Crippen molar-refractivity contribution in [2.24, 2.45) is 11.8 Å². The number of carbonyl (C=O) groups is 2. The number of benzene rings is 3. The third-order valence-electron chi connectivity index (χ3n) is 6.38. The fourth-order valence-corrected chi connectivity index (χ4v) is 4.43. The molecule has 0 amide bonds. The zero-order chi connectivity index (χ0) is 25.4. The van der Waals surface area contributed by atoms with Gasteiger partial charge in [0.2, 0.25) is 0 Å². The van der Waals surface area contributed by atoms with E-state index in [1.165, 1.54) is 10.8 Å². The molecule has 0 radical (unpaired) electrons. The smallest absolute Gasteiger partial charge is 0.309 e. The van der Waals surface area contributed by atoms with Gasteiger partial charge in [0.25, 0.3) is 0 Å². The molecule has 3 aromatic carbocycles. The number of carbonyl (C=O) groups excluding carboxylic acids is 1. The van der Waals surface area contributed by atoms with Gasteiger partial charge in [-0.05, 0) is 80.0 Å². The van der Waals surface area contributed by atoms with E-state index in [0.29, 0.717) is 25.7 Å². The summed E-state index contributed by atoms with van der Waals surface area (Å²) in [4.78, 5) is 24.8. The molecule has 0 aliphatic rings. The zero-order valence-corrected chi connectivity index (χ0v) is 21.4.